The van der Waals surface area contributed by atoms with Crippen molar-refractivity contribution >= 4 is 23.2 Å². The SMILES string of the molecule is Fc1ccc(/C=C/c2nc3ccccc3n2CCCCOc2ccccc2)cc1. The highest BCUT2D eigenvalue weighted by Crippen LogP contribution is 2.19. The fourth-order valence-corrected chi connectivity index (χ4v) is 3.28. The summed E-state index contributed by atoms with van der Waals surface area (Å²) in [7, 11) is 0. The number of hydrogen-bond acceptors (Lipinski definition) is 2. The van der Waals surface area contributed by atoms with Crippen LogP contribution in [-0.2, 0) is 6.54 Å². The number of aryl methyl sites for hydroxylation is 1. The van der Waals surface area contributed by atoms with E-state index in [4.69, 9.17) is 9.72 Å². The van der Waals surface area contributed by atoms with Crippen molar-refractivity contribution in [2.75, 3.05) is 6.61 Å². The third kappa shape index (κ3) is 4.91. The maximum Gasteiger partial charge on any atom is 0.133 e. The molecule has 29 heavy (non-hydrogen) atoms. The lowest BCUT2D eigenvalue weighted by Gasteiger charge is -2.09. The standard InChI is InChI=1S/C25H23FN2O/c26-21-15-12-20(13-16-21)14-17-25-27-23-10-4-5-11-24(23)28(25)18-6-7-19-29-22-8-2-1-3-9-22/h1-5,8-17H,6-7,18-19H2/b17-14+. The summed E-state index contributed by atoms with van der Waals surface area (Å²) in [5, 5.41) is 0. The molecule has 0 aliphatic carbocycles. The lowest BCUT2D eigenvalue weighted by Crippen LogP contribution is -2.04. The second-order valence-electron chi connectivity index (χ2n) is 6.86. The highest BCUT2D eigenvalue weighted by molar-refractivity contribution is 5.79. The van der Waals surface area contributed by atoms with E-state index in [-0.39, 0.29) is 5.82 Å². The van der Waals surface area contributed by atoms with Gasteiger partial charge in [0, 0.05) is 6.54 Å². The van der Waals surface area contributed by atoms with Crippen LogP contribution in [0.1, 0.15) is 24.2 Å². The van der Waals surface area contributed by atoms with Crippen molar-refractivity contribution in [1.82, 2.24) is 9.55 Å². The van der Waals surface area contributed by atoms with E-state index in [0.29, 0.717) is 6.61 Å². The molecule has 4 aromatic rings. The third-order valence-corrected chi connectivity index (χ3v) is 4.77. The lowest BCUT2D eigenvalue weighted by molar-refractivity contribution is 0.303. The number of nitrogens with zero attached hydrogens (tertiary/aromatic N) is 2. The van der Waals surface area contributed by atoms with Crippen LogP contribution in [0.25, 0.3) is 23.2 Å². The van der Waals surface area contributed by atoms with E-state index in [1.807, 2.05) is 60.7 Å². The summed E-state index contributed by atoms with van der Waals surface area (Å²) in [6, 6.07) is 24.5. The first-order chi connectivity index (χ1) is 14.3. The number of hydrogen-bond donors (Lipinski definition) is 0. The topological polar surface area (TPSA) is 27.1 Å². The van der Waals surface area contributed by atoms with E-state index in [1.165, 1.54) is 12.1 Å². The van der Waals surface area contributed by atoms with Crippen LogP contribution in [0.4, 0.5) is 4.39 Å². The summed E-state index contributed by atoms with van der Waals surface area (Å²) < 4.78 is 21.1. The van der Waals surface area contributed by atoms with E-state index in [1.54, 1.807) is 12.1 Å². The molecule has 0 atom stereocenters. The molecule has 0 amide bonds. The van der Waals surface area contributed by atoms with Crippen LogP contribution in [0, 0.1) is 5.82 Å². The average Bonchev–Trinajstić information content (AvgIpc) is 3.11. The Morgan fingerprint density at radius 1 is 0.828 bits per heavy atom. The average molecular weight is 386 g/mol. The summed E-state index contributed by atoms with van der Waals surface area (Å²) in [6.45, 7) is 1.55. The van der Waals surface area contributed by atoms with E-state index in [9.17, 15) is 4.39 Å². The molecule has 0 saturated carbocycles. The zero-order valence-corrected chi connectivity index (χ0v) is 16.2. The number of fused-ring (bicyclic) bond motifs is 1. The van der Waals surface area contributed by atoms with Crippen molar-refractivity contribution < 1.29 is 9.13 Å². The van der Waals surface area contributed by atoms with Crippen molar-refractivity contribution in [3.05, 3.63) is 96.1 Å². The highest BCUT2D eigenvalue weighted by atomic mass is 19.1. The van der Waals surface area contributed by atoms with E-state index in [0.717, 1.165) is 47.6 Å². The van der Waals surface area contributed by atoms with Crippen LogP contribution in [0.5, 0.6) is 5.75 Å². The summed E-state index contributed by atoms with van der Waals surface area (Å²) in [4.78, 5) is 4.76. The Labute approximate surface area is 170 Å². The highest BCUT2D eigenvalue weighted by Gasteiger charge is 2.08. The fourth-order valence-electron chi connectivity index (χ4n) is 3.28. The molecule has 3 aromatic carbocycles. The molecule has 0 unspecified atom stereocenters. The van der Waals surface area contributed by atoms with E-state index < -0.39 is 0 Å². The number of ether oxygens (including phenoxy) is 1. The molecule has 0 fully saturated rings. The fraction of sp³-hybridized carbons (Fsp3) is 0.160. The van der Waals surface area contributed by atoms with Gasteiger partial charge >= 0.3 is 0 Å². The molecule has 3 nitrogen and oxygen atoms in total. The summed E-state index contributed by atoms with van der Waals surface area (Å²) in [5.74, 6) is 1.58. The van der Waals surface area contributed by atoms with Gasteiger partial charge in [-0.1, -0.05) is 48.5 Å². The maximum absolute atomic E-state index is 13.1. The Hall–Kier alpha value is -3.40. The zero-order valence-electron chi connectivity index (χ0n) is 16.2. The van der Waals surface area contributed by atoms with Crippen molar-refractivity contribution in [1.29, 1.82) is 0 Å². The van der Waals surface area contributed by atoms with Gasteiger partial charge in [0.1, 0.15) is 17.4 Å². The van der Waals surface area contributed by atoms with Crippen LogP contribution in [-0.4, -0.2) is 16.2 Å². The van der Waals surface area contributed by atoms with Crippen molar-refractivity contribution in [2.24, 2.45) is 0 Å². The minimum absolute atomic E-state index is 0.230. The summed E-state index contributed by atoms with van der Waals surface area (Å²) in [6.07, 6.45) is 5.91. The number of imidazole rings is 1. The molecule has 0 saturated heterocycles. The summed E-state index contributed by atoms with van der Waals surface area (Å²) in [5.41, 5.74) is 3.04. The van der Waals surface area contributed by atoms with Gasteiger partial charge < -0.3 is 9.30 Å². The molecule has 0 aliphatic rings. The van der Waals surface area contributed by atoms with Gasteiger partial charge in [-0.2, -0.15) is 0 Å². The van der Waals surface area contributed by atoms with Crippen LogP contribution >= 0.6 is 0 Å². The van der Waals surface area contributed by atoms with Crippen LogP contribution in [0.3, 0.4) is 0 Å². The van der Waals surface area contributed by atoms with E-state index >= 15 is 0 Å². The first-order valence-corrected chi connectivity index (χ1v) is 9.86. The quantitative estimate of drug-likeness (QED) is 0.337. The monoisotopic (exact) mass is 386 g/mol. The number of unbranched alkanes of at least 4 members (excludes halogenated alkanes) is 1. The van der Waals surface area contributed by atoms with Gasteiger partial charge in [0.15, 0.2) is 0 Å². The molecular formula is C25H23FN2O. The first-order valence-electron chi connectivity index (χ1n) is 9.86. The molecule has 0 radical (unpaired) electrons. The number of aromatic nitrogens is 2. The number of rotatable bonds is 8. The molecular weight excluding hydrogens is 363 g/mol. The number of para-hydroxylation sites is 3. The number of benzene rings is 3. The van der Waals surface area contributed by atoms with Crippen molar-refractivity contribution in [3.63, 3.8) is 0 Å². The minimum atomic E-state index is -0.230. The maximum atomic E-state index is 13.1. The molecule has 4 rings (SSSR count). The smallest absolute Gasteiger partial charge is 0.133 e. The molecule has 0 N–H and O–H groups in total. The Kier molecular flexibility index (Phi) is 6.01. The van der Waals surface area contributed by atoms with Crippen LogP contribution < -0.4 is 4.74 Å². The Balaban J connectivity index is 1.44. The third-order valence-electron chi connectivity index (χ3n) is 4.77. The van der Waals surface area contributed by atoms with Gasteiger partial charge in [-0.3, -0.25) is 0 Å². The molecule has 1 aromatic heterocycles. The minimum Gasteiger partial charge on any atom is -0.494 e. The van der Waals surface area contributed by atoms with Gasteiger partial charge in [-0.15, -0.1) is 0 Å². The Bertz CT molecular complexity index is 1080. The van der Waals surface area contributed by atoms with Gasteiger partial charge in [-0.25, -0.2) is 9.37 Å². The lowest BCUT2D eigenvalue weighted by atomic mass is 10.2. The predicted molar refractivity (Wildman–Crippen MR) is 116 cm³/mol. The van der Waals surface area contributed by atoms with Gasteiger partial charge in [0.2, 0.25) is 0 Å². The molecule has 0 spiro atoms. The molecule has 1 heterocycles. The molecule has 0 bridgehead atoms. The molecule has 0 aliphatic heterocycles. The van der Waals surface area contributed by atoms with Gasteiger partial charge in [-0.05, 0) is 60.9 Å². The largest absolute Gasteiger partial charge is 0.494 e. The van der Waals surface area contributed by atoms with Crippen LogP contribution in [0.15, 0.2) is 78.9 Å². The molecule has 4 heteroatoms. The van der Waals surface area contributed by atoms with Gasteiger partial charge in [0.05, 0.1) is 17.6 Å². The second-order valence-corrected chi connectivity index (χ2v) is 6.86. The molecule has 146 valence electrons. The Morgan fingerprint density at radius 3 is 2.41 bits per heavy atom. The van der Waals surface area contributed by atoms with Crippen molar-refractivity contribution in [2.45, 2.75) is 19.4 Å². The zero-order chi connectivity index (χ0) is 19.9. The second kappa shape index (κ2) is 9.20. The summed E-state index contributed by atoms with van der Waals surface area (Å²) >= 11 is 0. The predicted octanol–water partition coefficient (Wildman–Crippen LogP) is 6.21. The normalized spacial score (nSPS) is 11.3. The van der Waals surface area contributed by atoms with Crippen molar-refractivity contribution in [3.8, 4) is 5.75 Å². The van der Waals surface area contributed by atoms with E-state index in [2.05, 4.69) is 10.6 Å². The number of halogens is 1. The first kappa shape index (κ1) is 18.9. The van der Waals surface area contributed by atoms with Crippen LogP contribution in [0.2, 0.25) is 0 Å². The van der Waals surface area contributed by atoms with Gasteiger partial charge in [0.25, 0.3) is 0 Å². The Morgan fingerprint density at radius 2 is 1.59 bits per heavy atom.